The quantitative estimate of drug-likeness (QED) is 0.0605. The van der Waals surface area contributed by atoms with Crippen LogP contribution in [0.25, 0.3) is 10.9 Å². The first-order valence-corrected chi connectivity index (χ1v) is 19.8. The molecule has 0 fully saturated rings. The summed E-state index contributed by atoms with van der Waals surface area (Å²) in [4.78, 5) is 28.5. The number of carboxylic acids is 1. The Labute approximate surface area is 306 Å². The van der Waals surface area contributed by atoms with Crippen LogP contribution in [0.1, 0.15) is 122 Å². The van der Waals surface area contributed by atoms with Gasteiger partial charge >= 0.3 is 5.97 Å². The van der Waals surface area contributed by atoms with Crippen molar-refractivity contribution in [3.63, 3.8) is 0 Å². The summed E-state index contributed by atoms with van der Waals surface area (Å²) < 4.78 is 6.39. The lowest BCUT2D eigenvalue weighted by molar-refractivity contribution is -0.142. The van der Waals surface area contributed by atoms with E-state index >= 15 is 0 Å². The molecule has 0 spiro atoms. The number of para-hydroxylation sites is 1. The Bertz CT molecular complexity index is 1460. The second kappa shape index (κ2) is 21.8. The average molecular weight is 705 g/mol. The Morgan fingerprint density at radius 3 is 2.51 bits per heavy atom. The van der Waals surface area contributed by atoms with E-state index in [1.54, 1.807) is 0 Å². The van der Waals surface area contributed by atoms with Crippen molar-refractivity contribution in [1.29, 1.82) is 0 Å². The summed E-state index contributed by atoms with van der Waals surface area (Å²) in [6.07, 6.45) is 18.7. The van der Waals surface area contributed by atoms with Crippen LogP contribution in [0.5, 0.6) is 5.75 Å². The molecule has 0 aliphatic carbocycles. The van der Waals surface area contributed by atoms with Crippen LogP contribution in [0.4, 0.5) is 11.6 Å². The molecule has 1 atom stereocenters. The fourth-order valence-corrected chi connectivity index (χ4v) is 7.05. The molecule has 1 aliphatic heterocycles. The fraction of sp³-hybridized carbons (Fsp3) is 0.659. The summed E-state index contributed by atoms with van der Waals surface area (Å²) in [5, 5.41) is 27.8. The van der Waals surface area contributed by atoms with E-state index in [0.29, 0.717) is 31.7 Å². The Morgan fingerprint density at radius 2 is 1.76 bits per heavy atom. The van der Waals surface area contributed by atoms with Gasteiger partial charge in [0.25, 0.3) is 0 Å². The van der Waals surface area contributed by atoms with Crippen molar-refractivity contribution in [2.75, 3.05) is 50.0 Å². The second-order valence-corrected chi connectivity index (χ2v) is 14.7. The maximum Gasteiger partial charge on any atom is 0.329 e. The van der Waals surface area contributed by atoms with E-state index < -0.39 is 11.5 Å². The molecule has 2 aromatic heterocycles. The van der Waals surface area contributed by atoms with Gasteiger partial charge in [-0.2, -0.15) is 0 Å². The lowest BCUT2D eigenvalue weighted by atomic mass is 9.91. The summed E-state index contributed by atoms with van der Waals surface area (Å²) in [6, 6.07) is 9.75. The zero-order chi connectivity index (χ0) is 36.3. The van der Waals surface area contributed by atoms with E-state index in [0.717, 1.165) is 92.3 Å². The van der Waals surface area contributed by atoms with Gasteiger partial charge in [0.2, 0.25) is 0 Å². The number of aryl methyl sites for hydroxylation is 1. The molecule has 0 saturated heterocycles. The molecule has 0 radical (unpaired) electrons. The van der Waals surface area contributed by atoms with Crippen molar-refractivity contribution in [2.45, 2.75) is 129 Å². The van der Waals surface area contributed by atoms with Crippen LogP contribution in [-0.2, 0) is 17.6 Å². The van der Waals surface area contributed by atoms with Crippen molar-refractivity contribution in [1.82, 2.24) is 19.9 Å². The van der Waals surface area contributed by atoms with E-state index in [2.05, 4.69) is 45.4 Å². The minimum absolute atomic E-state index is 0.0212. The topological polar surface area (TPSA) is 133 Å². The van der Waals surface area contributed by atoms with Crippen molar-refractivity contribution < 1.29 is 19.7 Å². The zero-order valence-electron chi connectivity index (χ0n) is 31.6. The van der Waals surface area contributed by atoms with Crippen molar-refractivity contribution in [2.24, 2.45) is 5.92 Å². The van der Waals surface area contributed by atoms with Gasteiger partial charge in [0.05, 0.1) is 18.7 Å². The number of rotatable bonds is 26. The molecule has 0 saturated carbocycles. The number of aliphatic carboxylic acids is 1. The Balaban J connectivity index is 1.24. The number of benzene rings is 1. The largest absolute Gasteiger partial charge is 0.493 e. The molecule has 1 aromatic carbocycles. The van der Waals surface area contributed by atoms with Crippen LogP contribution in [-0.4, -0.2) is 81.0 Å². The number of pyridine rings is 1. The number of ether oxygens (including phenoxy) is 1. The molecule has 3 aromatic rings. The SMILES string of the molecule is CCC(CCN(CCO)CCCCc1cc(OCCCCCCCCCCC(C)C)c2c(n1)NCCC2)(Nc1ncnc2ccccc12)C(=O)O. The molecule has 0 amide bonds. The van der Waals surface area contributed by atoms with Crippen LogP contribution in [0.2, 0.25) is 0 Å². The summed E-state index contributed by atoms with van der Waals surface area (Å²) in [6.45, 7) is 10.0. The van der Waals surface area contributed by atoms with E-state index in [9.17, 15) is 15.0 Å². The fourth-order valence-electron chi connectivity index (χ4n) is 7.05. The summed E-state index contributed by atoms with van der Waals surface area (Å²) >= 11 is 0. The van der Waals surface area contributed by atoms with Gasteiger partial charge in [-0.15, -0.1) is 0 Å². The van der Waals surface area contributed by atoms with Gasteiger partial charge in [-0.1, -0.05) is 84.3 Å². The van der Waals surface area contributed by atoms with Crippen LogP contribution >= 0.6 is 0 Å². The van der Waals surface area contributed by atoms with Gasteiger partial charge in [0.15, 0.2) is 0 Å². The third kappa shape index (κ3) is 12.9. The maximum absolute atomic E-state index is 12.7. The number of aromatic nitrogens is 3. The van der Waals surface area contributed by atoms with Gasteiger partial charge < -0.3 is 30.5 Å². The number of anilines is 2. The van der Waals surface area contributed by atoms with Crippen LogP contribution in [0.15, 0.2) is 36.7 Å². The highest BCUT2D eigenvalue weighted by Gasteiger charge is 2.37. The number of nitrogens with one attached hydrogen (secondary N) is 2. The molecule has 4 N–H and O–H groups in total. The minimum Gasteiger partial charge on any atom is -0.493 e. The number of hydrogen-bond donors (Lipinski definition) is 4. The lowest BCUT2D eigenvalue weighted by Crippen LogP contribution is -2.49. The summed E-state index contributed by atoms with van der Waals surface area (Å²) in [5.74, 6) is 2.39. The first-order chi connectivity index (χ1) is 24.8. The monoisotopic (exact) mass is 704 g/mol. The van der Waals surface area contributed by atoms with E-state index in [-0.39, 0.29) is 6.61 Å². The van der Waals surface area contributed by atoms with Gasteiger partial charge in [0.1, 0.15) is 29.3 Å². The van der Waals surface area contributed by atoms with Gasteiger partial charge in [-0.3, -0.25) is 0 Å². The number of aliphatic hydroxyl groups excluding tert-OH is 1. The number of carboxylic acid groups (broad SMARTS) is 1. The minimum atomic E-state index is -1.20. The molecule has 3 heterocycles. The van der Waals surface area contributed by atoms with Gasteiger partial charge in [-0.05, 0) is 76.0 Å². The normalized spacial score (nSPS) is 14.0. The Kier molecular flexibility index (Phi) is 17.2. The molecule has 51 heavy (non-hydrogen) atoms. The number of hydrogen-bond acceptors (Lipinski definition) is 9. The van der Waals surface area contributed by atoms with Crippen molar-refractivity contribution in [3.8, 4) is 5.75 Å². The maximum atomic E-state index is 12.7. The van der Waals surface area contributed by atoms with Crippen LogP contribution in [0.3, 0.4) is 0 Å². The number of unbranched alkanes of at least 4 members (excludes halogenated alkanes) is 8. The molecular formula is C41H64N6O4. The molecule has 1 unspecified atom stereocenters. The molecule has 0 bridgehead atoms. The summed E-state index contributed by atoms with van der Waals surface area (Å²) in [5.41, 5.74) is 1.82. The molecule has 1 aliphatic rings. The molecule has 4 rings (SSSR count). The molecule has 10 heteroatoms. The highest BCUT2D eigenvalue weighted by Crippen LogP contribution is 2.31. The lowest BCUT2D eigenvalue weighted by Gasteiger charge is -2.33. The molecule has 282 valence electrons. The summed E-state index contributed by atoms with van der Waals surface area (Å²) in [7, 11) is 0. The molecule has 10 nitrogen and oxygen atoms in total. The van der Waals surface area contributed by atoms with E-state index in [1.807, 2.05) is 31.2 Å². The predicted octanol–water partition coefficient (Wildman–Crippen LogP) is 8.28. The van der Waals surface area contributed by atoms with Crippen molar-refractivity contribution >= 4 is 28.5 Å². The van der Waals surface area contributed by atoms with Crippen LogP contribution in [0, 0.1) is 5.92 Å². The average Bonchev–Trinajstić information content (AvgIpc) is 3.13. The highest BCUT2D eigenvalue weighted by atomic mass is 16.5. The van der Waals surface area contributed by atoms with Gasteiger partial charge in [-0.25, -0.2) is 19.7 Å². The standard InChI is InChI=1S/C41H64N6O4/c1-4-41(40(49)50,46-39-34-20-12-13-22-36(34)43-31-44-39)23-26-47(27-28-48)25-15-14-19-33-30-37(35-21-17-24-42-38(35)45-33)51-29-16-10-8-6-5-7-9-11-18-32(2)3/h12-13,20,22,30-32,48H,4-11,14-19,21,23-29H2,1-3H3,(H,42,45)(H,49,50)(H,43,44,46). The third-order valence-electron chi connectivity index (χ3n) is 10.3. The van der Waals surface area contributed by atoms with Crippen molar-refractivity contribution in [3.05, 3.63) is 47.9 Å². The second-order valence-electron chi connectivity index (χ2n) is 14.7. The number of nitrogens with zero attached hydrogens (tertiary/aromatic N) is 4. The number of carbonyl (C=O) groups is 1. The number of fused-ring (bicyclic) bond motifs is 2. The highest BCUT2D eigenvalue weighted by molar-refractivity contribution is 5.92. The predicted molar refractivity (Wildman–Crippen MR) is 208 cm³/mol. The molecular weight excluding hydrogens is 640 g/mol. The van der Waals surface area contributed by atoms with Gasteiger partial charge in [0, 0.05) is 42.3 Å². The van der Waals surface area contributed by atoms with Crippen LogP contribution < -0.4 is 15.4 Å². The third-order valence-corrected chi connectivity index (χ3v) is 10.3. The Morgan fingerprint density at radius 1 is 1.00 bits per heavy atom. The smallest absolute Gasteiger partial charge is 0.329 e. The van der Waals surface area contributed by atoms with E-state index in [1.165, 1.54) is 63.3 Å². The first kappa shape index (κ1) is 40.3. The van der Waals surface area contributed by atoms with E-state index in [4.69, 9.17) is 9.72 Å². The Hall–Kier alpha value is -3.50. The number of aliphatic hydroxyl groups is 1. The first-order valence-electron chi connectivity index (χ1n) is 19.8. The zero-order valence-corrected chi connectivity index (χ0v) is 31.6.